The van der Waals surface area contributed by atoms with E-state index in [4.69, 9.17) is 10.5 Å². The molecule has 1 heterocycles. The molecule has 0 fully saturated rings. The molecule has 106 valence electrons. The predicted octanol–water partition coefficient (Wildman–Crippen LogP) is 1.58. The normalized spacial score (nSPS) is 18.8. The standard InChI is InChI=1S/C15H24N2O2/c1-15(2,10-18)9-17-8-11-3-4-12-13(16)5-6-19-14(12)7-11/h3-4,7,13,17-18H,5-6,8-10,16H2,1-2H3. The molecule has 0 saturated heterocycles. The van der Waals surface area contributed by atoms with Gasteiger partial charge in [-0.1, -0.05) is 26.0 Å². The van der Waals surface area contributed by atoms with E-state index in [2.05, 4.69) is 23.5 Å². The fraction of sp³-hybridized carbons (Fsp3) is 0.600. The van der Waals surface area contributed by atoms with Crippen LogP contribution in [0.15, 0.2) is 18.2 Å². The summed E-state index contributed by atoms with van der Waals surface area (Å²) in [6.07, 6.45) is 0.884. The molecule has 4 nitrogen and oxygen atoms in total. The summed E-state index contributed by atoms with van der Waals surface area (Å²) in [6, 6.07) is 6.31. The predicted molar refractivity (Wildman–Crippen MR) is 76.1 cm³/mol. The lowest BCUT2D eigenvalue weighted by atomic mass is 9.95. The van der Waals surface area contributed by atoms with Crippen molar-refractivity contribution in [2.24, 2.45) is 11.1 Å². The van der Waals surface area contributed by atoms with Gasteiger partial charge in [-0.25, -0.2) is 0 Å². The molecule has 0 saturated carbocycles. The first-order valence-electron chi connectivity index (χ1n) is 6.85. The molecular weight excluding hydrogens is 240 g/mol. The lowest BCUT2D eigenvalue weighted by molar-refractivity contribution is 0.156. The van der Waals surface area contributed by atoms with Crippen molar-refractivity contribution in [3.05, 3.63) is 29.3 Å². The van der Waals surface area contributed by atoms with Gasteiger partial charge in [0.1, 0.15) is 5.75 Å². The zero-order valence-corrected chi connectivity index (χ0v) is 11.8. The first kappa shape index (κ1) is 14.3. The molecule has 0 radical (unpaired) electrons. The second-order valence-corrected chi connectivity index (χ2v) is 6.04. The molecule has 1 aliphatic rings. The Balaban J connectivity index is 1.95. The number of nitrogens with two attached hydrogens (primary N) is 1. The van der Waals surface area contributed by atoms with Gasteiger partial charge in [0.15, 0.2) is 0 Å². The van der Waals surface area contributed by atoms with Crippen molar-refractivity contribution in [1.29, 1.82) is 0 Å². The van der Waals surface area contributed by atoms with E-state index in [9.17, 15) is 5.11 Å². The lowest BCUT2D eigenvalue weighted by Gasteiger charge is -2.24. The number of ether oxygens (including phenoxy) is 1. The Morgan fingerprint density at radius 2 is 2.26 bits per heavy atom. The largest absolute Gasteiger partial charge is 0.493 e. The Morgan fingerprint density at radius 3 is 3.00 bits per heavy atom. The molecule has 4 N–H and O–H groups in total. The minimum absolute atomic E-state index is 0.0902. The Hall–Kier alpha value is -1.10. The monoisotopic (exact) mass is 264 g/mol. The van der Waals surface area contributed by atoms with Crippen molar-refractivity contribution < 1.29 is 9.84 Å². The molecule has 2 rings (SSSR count). The summed E-state index contributed by atoms with van der Waals surface area (Å²) >= 11 is 0. The van der Waals surface area contributed by atoms with Crippen LogP contribution in [0.5, 0.6) is 5.75 Å². The van der Waals surface area contributed by atoms with E-state index in [0.29, 0.717) is 6.61 Å². The smallest absolute Gasteiger partial charge is 0.124 e. The number of fused-ring (bicyclic) bond motifs is 1. The molecule has 0 bridgehead atoms. The summed E-state index contributed by atoms with van der Waals surface area (Å²) in [5.41, 5.74) is 8.24. The van der Waals surface area contributed by atoms with Crippen LogP contribution in [0.4, 0.5) is 0 Å². The van der Waals surface area contributed by atoms with Gasteiger partial charge in [-0.3, -0.25) is 0 Å². The second-order valence-electron chi connectivity index (χ2n) is 6.04. The van der Waals surface area contributed by atoms with Gasteiger partial charge in [0, 0.05) is 43.1 Å². The van der Waals surface area contributed by atoms with Crippen molar-refractivity contribution >= 4 is 0 Å². The molecule has 0 spiro atoms. The number of aliphatic hydroxyl groups excluding tert-OH is 1. The third-order valence-corrected chi connectivity index (χ3v) is 3.52. The summed E-state index contributed by atoms with van der Waals surface area (Å²) in [4.78, 5) is 0. The highest BCUT2D eigenvalue weighted by molar-refractivity contribution is 5.40. The number of rotatable bonds is 5. The van der Waals surface area contributed by atoms with Crippen molar-refractivity contribution in [2.75, 3.05) is 19.8 Å². The molecule has 1 unspecified atom stereocenters. The van der Waals surface area contributed by atoms with Crippen LogP contribution in [0.3, 0.4) is 0 Å². The molecule has 0 aliphatic carbocycles. The first-order valence-corrected chi connectivity index (χ1v) is 6.85. The molecule has 19 heavy (non-hydrogen) atoms. The Bertz CT molecular complexity index is 432. The number of aliphatic hydroxyl groups is 1. The van der Waals surface area contributed by atoms with Crippen molar-refractivity contribution in [1.82, 2.24) is 5.32 Å². The maximum absolute atomic E-state index is 9.20. The molecule has 0 aromatic heterocycles. The molecular formula is C15H24N2O2. The van der Waals surface area contributed by atoms with E-state index >= 15 is 0 Å². The highest BCUT2D eigenvalue weighted by atomic mass is 16.5. The summed E-state index contributed by atoms with van der Waals surface area (Å²) in [7, 11) is 0. The van der Waals surface area contributed by atoms with Gasteiger partial charge in [-0.15, -0.1) is 0 Å². The van der Waals surface area contributed by atoms with Gasteiger partial charge in [0.25, 0.3) is 0 Å². The van der Waals surface area contributed by atoms with Crippen LogP contribution >= 0.6 is 0 Å². The minimum atomic E-state index is -0.0902. The van der Waals surface area contributed by atoms with E-state index in [-0.39, 0.29) is 18.1 Å². The van der Waals surface area contributed by atoms with Gasteiger partial charge in [-0.05, 0) is 11.6 Å². The highest BCUT2D eigenvalue weighted by Gasteiger charge is 2.18. The van der Waals surface area contributed by atoms with Crippen LogP contribution in [0, 0.1) is 5.41 Å². The average Bonchev–Trinajstić information content (AvgIpc) is 2.39. The van der Waals surface area contributed by atoms with Crippen LogP contribution in [0.2, 0.25) is 0 Å². The summed E-state index contributed by atoms with van der Waals surface area (Å²) < 4.78 is 5.66. The summed E-state index contributed by atoms with van der Waals surface area (Å²) in [5.74, 6) is 0.916. The van der Waals surface area contributed by atoms with Gasteiger partial charge in [0.2, 0.25) is 0 Å². The van der Waals surface area contributed by atoms with Crippen molar-refractivity contribution in [3.63, 3.8) is 0 Å². The summed E-state index contributed by atoms with van der Waals surface area (Å²) in [5, 5.41) is 12.6. The van der Waals surface area contributed by atoms with Crippen LogP contribution in [-0.4, -0.2) is 24.9 Å². The van der Waals surface area contributed by atoms with Crippen LogP contribution in [0.1, 0.15) is 37.4 Å². The number of nitrogens with one attached hydrogen (secondary N) is 1. The Morgan fingerprint density at radius 1 is 1.47 bits per heavy atom. The van der Waals surface area contributed by atoms with Crippen LogP contribution in [-0.2, 0) is 6.54 Å². The average molecular weight is 264 g/mol. The second kappa shape index (κ2) is 5.90. The van der Waals surface area contributed by atoms with Crippen LogP contribution in [0.25, 0.3) is 0 Å². The first-order chi connectivity index (χ1) is 9.02. The zero-order valence-electron chi connectivity index (χ0n) is 11.8. The summed E-state index contributed by atoms with van der Waals surface area (Å²) in [6.45, 7) is 6.50. The number of benzene rings is 1. The van der Waals surface area contributed by atoms with Gasteiger partial charge < -0.3 is 20.9 Å². The van der Waals surface area contributed by atoms with Gasteiger partial charge >= 0.3 is 0 Å². The van der Waals surface area contributed by atoms with E-state index in [0.717, 1.165) is 30.8 Å². The quantitative estimate of drug-likeness (QED) is 0.755. The van der Waals surface area contributed by atoms with E-state index in [1.165, 1.54) is 5.56 Å². The fourth-order valence-corrected chi connectivity index (χ4v) is 2.17. The van der Waals surface area contributed by atoms with E-state index < -0.39 is 0 Å². The third kappa shape index (κ3) is 3.69. The molecule has 1 aromatic rings. The van der Waals surface area contributed by atoms with E-state index in [1.54, 1.807) is 0 Å². The molecule has 1 aromatic carbocycles. The molecule has 0 amide bonds. The van der Waals surface area contributed by atoms with E-state index in [1.807, 2.05) is 13.8 Å². The topological polar surface area (TPSA) is 67.5 Å². The maximum Gasteiger partial charge on any atom is 0.124 e. The SMILES string of the molecule is CC(C)(CO)CNCc1ccc2c(c1)OCCC2N. The van der Waals surface area contributed by atoms with Gasteiger partial charge in [0.05, 0.1) is 6.61 Å². The zero-order chi connectivity index (χ0) is 13.9. The molecule has 1 atom stereocenters. The number of hydrogen-bond acceptors (Lipinski definition) is 4. The van der Waals surface area contributed by atoms with Crippen molar-refractivity contribution in [3.8, 4) is 5.75 Å². The van der Waals surface area contributed by atoms with Crippen LogP contribution < -0.4 is 15.8 Å². The third-order valence-electron chi connectivity index (χ3n) is 3.52. The molecule has 1 aliphatic heterocycles. The fourth-order valence-electron chi connectivity index (χ4n) is 2.17. The minimum Gasteiger partial charge on any atom is -0.493 e. The Kier molecular flexibility index (Phi) is 4.45. The maximum atomic E-state index is 9.20. The van der Waals surface area contributed by atoms with Gasteiger partial charge in [-0.2, -0.15) is 0 Å². The number of hydrogen-bond donors (Lipinski definition) is 3. The molecule has 4 heteroatoms. The van der Waals surface area contributed by atoms with Crippen molar-refractivity contribution in [2.45, 2.75) is 32.9 Å². The highest BCUT2D eigenvalue weighted by Crippen LogP contribution is 2.31. The Labute approximate surface area is 115 Å². The lowest BCUT2D eigenvalue weighted by Crippen LogP contribution is -2.31.